The van der Waals surface area contributed by atoms with E-state index in [2.05, 4.69) is 5.48 Å². The zero-order valence-electron chi connectivity index (χ0n) is 16.5. The van der Waals surface area contributed by atoms with E-state index in [4.69, 9.17) is 7.79 Å². The molecule has 2 aliphatic heterocycles. The number of hydroxylamine groups is 3. The van der Waals surface area contributed by atoms with Gasteiger partial charge in [0, 0.05) is 31.1 Å². The standard InChI is InChI=1S/C19H31IN2O3.In.H2O.U/c23-21-17-6-2-5-15(10-17)13-3-1-4-14(9-13)16-7-8-18-19(11-16)22(24)25-12-20-18;;;/h6,13-19,24H,1-5,7-12H2;;1H2;/q-3;+1;;. The van der Waals surface area contributed by atoms with E-state index >= 15 is 0 Å². The topological polar surface area (TPSA) is 87.5 Å². The molecule has 8 atom stereocenters. The van der Waals surface area contributed by atoms with Crippen molar-refractivity contribution in [2.45, 2.75) is 83.9 Å². The van der Waals surface area contributed by atoms with Crippen LogP contribution >= 0.6 is 0 Å². The smallest absolute Gasteiger partial charge is 0 e. The summed E-state index contributed by atoms with van der Waals surface area (Å²) in [7, 11) is 0. The summed E-state index contributed by atoms with van der Waals surface area (Å²) >= 11 is -0.675. The van der Waals surface area contributed by atoms with Crippen LogP contribution in [0.15, 0.2) is 0 Å². The molecule has 0 aromatic carbocycles. The number of hydrogen-bond donors (Lipinski definition) is 1. The average Bonchev–Trinajstić information content (AvgIpc) is 3.16. The third-order valence-electron chi connectivity index (χ3n) is 7.93. The monoisotopic (exact) mass is 833 g/mol. The zero-order chi connectivity index (χ0) is 17.5. The van der Waals surface area contributed by atoms with Crippen LogP contribution in [0, 0.1) is 54.8 Å². The molecule has 3 aliphatic carbocycles. The van der Waals surface area contributed by atoms with Crippen molar-refractivity contribution in [1.82, 2.24) is 5.23 Å². The molecule has 5 rings (SSSR count). The van der Waals surface area contributed by atoms with Crippen LogP contribution in [0.2, 0.25) is 3.67 Å². The molecule has 0 aromatic heterocycles. The zero-order valence-corrected chi connectivity index (χ0v) is 26.1. The van der Waals surface area contributed by atoms with E-state index < -0.39 is 23.3 Å². The average molecular weight is 833 g/mol. The van der Waals surface area contributed by atoms with E-state index in [9.17, 15) is 5.21 Å². The minimum Gasteiger partial charge on any atom is 0 e. The minimum atomic E-state index is -0.796. The summed E-state index contributed by atoms with van der Waals surface area (Å²) in [6.07, 6.45) is 13.8. The van der Waals surface area contributed by atoms with Crippen LogP contribution in [0.5, 0.6) is 0 Å². The predicted molar refractivity (Wildman–Crippen MR) is 98.6 cm³/mol. The molecule has 159 valence electrons. The Kier molecular flexibility index (Phi) is 10.3. The molecule has 6 nitrogen and oxygen atoms in total. The first-order valence-electron chi connectivity index (χ1n) is 10.7. The van der Waals surface area contributed by atoms with Gasteiger partial charge in [-0.15, -0.1) is 0 Å². The van der Waals surface area contributed by atoms with Gasteiger partial charge in [0.1, 0.15) is 0 Å². The Bertz CT molecular complexity index is 511. The van der Waals surface area contributed by atoms with Crippen LogP contribution < -0.4 is 21.2 Å². The van der Waals surface area contributed by atoms with Crippen molar-refractivity contribution in [3.63, 3.8) is 0 Å². The Hall–Kier alpha value is 2.41. The van der Waals surface area contributed by atoms with Gasteiger partial charge in [0.05, 0.1) is 0 Å². The number of halogens is 1. The summed E-state index contributed by atoms with van der Waals surface area (Å²) in [6.45, 7) is 0. The largest absolute Gasteiger partial charge is 0 e. The van der Waals surface area contributed by atoms with Crippen molar-refractivity contribution in [3.8, 4) is 0 Å². The summed E-state index contributed by atoms with van der Waals surface area (Å²) < 4.78 is 8.04. The molecule has 0 spiro atoms. The first-order valence-corrected chi connectivity index (χ1v) is 16.7. The van der Waals surface area contributed by atoms with E-state index in [0.29, 0.717) is 12.1 Å². The summed E-state index contributed by atoms with van der Waals surface area (Å²) in [6, 6.07) is 0.879. The van der Waals surface area contributed by atoms with Crippen LogP contribution in [-0.4, -0.2) is 59.9 Å². The van der Waals surface area contributed by atoms with Crippen molar-refractivity contribution in [1.29, 1.82) is 0 Å². The maximum atomic E-state index is 10.2. The molecular formula is C19H33IInN2O4U-2. The van der Waals surface area contributed by atoms with Gasteiger partial charge in [-0.25, -0.2) is 0 Å². The normalized spacial score (nSPS) is 46.6. The summed E-state index contributed by atoms with van der Waals surface area (Å²) in [5.74, 6) is 3.53. The molecule has 2 saturated heterocycles. The van der Waals surface area contributed by atoms with Crippen molar-refractivity contribution < 1.29 is 70.8 Å². The first kappa shape index (κ1) is 25.0. The predicted octanol–water partition coefficient (Wildman–Crippen LogP) is 0.0836. The molecular weight excluding hydrogens is 800 g/mol. The molecule has 1 radical (unpaired) electrons. The SMILES string of the molecule is O.ON1OC[I-]C2CCC(C3CCCC(C4CC[CH]5[In][O][N-]C5C4)C3)CC21.[U]. The number of rotatable bonds is 2. The second-order valence-electron chi connectivity index (χ2n) is 9.19. The Morgan fingerprint density at radius 1 is 0.929 bits per heavy atom. The second-order valence-corrected chi connectivity index (χ2v) is 16.1. The molecule has 5 fully saturated rings. The molecule has 0 amide bonds. The molecule has 3 saturated carbocycles. The van der Waals surface area contributed by atoms with Gasteiger partial charge in [-0.1, -0.05) is 0 Å². The molecule has 5 aliphatic rings. The van der Waals surface area contributed by atoms with Crippen molar-refractivity contribution in [3.05, 3.63) is 5.48 Å². The third-order valence-corrected chi connectivity index (χ3v) is 15.1. The van der Waals surface area contributed by atoms with E-state index in [0.717, 1.165) is 35.9 Å². The fourth-order valence-corrected chi connectivity index (χ4v) is 12.5. The van der Waals surface area contributed by atoms with Crippen LogP contribution in [0.25, 0.3) is 5.48 Å². The van der Waals surface area contributed by atoms with Gasteiger partial charge in [-0.2, -0.15) is 0 Å². The van der Waals surface area contributed by atoms with Gasteiger partial charge < -0.3 is 5.48 Å². The van der Waals surface area contributed by atoms with Crippen molar-refractivity contribution >= 4 is 23.3 Å². The Balaban J connectivity index is 0.00000112. The fraction of sp³-hybridized carbons (Fsp3) is 1.00. The molecule has 9 heteroatoms. The number of nitrogens with zero attached hydrogens (tertiary/aromatic N) is 2. The summed E-state index contributed by atoms with van der Waals surface area (Å²) in [4.78, 5) is 5.46. The van der Waals surface area contributed by atoms with E-state index in [-0.39, 0.29) is 57.8 Å². The van der Waals surface area contributed by atoms with E-state index in [1.165, 1.54) is 69.4 Å². The Morgan fingerprint density at radius 3 is 2.46 bits per heavy atom. The molecule has 3 N–H and O–H groups in total. The summed E-state index contributed by atoms with van der Waals surface area (Å²) in [5, 5.41) is 11.4. The van der Waals surface area contributed by atoms with Gasteiger partial charge in [0.2, 0.25) is 0 Å². The number of hydrogen-bond acceptors (Lipinski definition) is 4. The van der Waals surface area contributed by atoms with Gasteiger partial charge in [0.25, 0.3) is 0 Å². The second kappa shape index (κ2) is 11.5. The third kappa shape index (κ3) is 5.48. The Morgan fingerprint density at radius 2 is 1.64 bits per heavy atom. The minimum absolute atomic E-state index is 0. The molecule has 28 heavy (non-hydrogen) atoms. The van der Waals surface area contributed by atoms with E-state index in [1.807, 2.05) is 0 Å². The molecule has 0 aromatic rings. The van der Waals surface area contributed by atoms with Crippen LogP contribution in [0.1, 0.15) is 64.2 Å². The molecule has 0 bridgehead atoms. The van der Waals surface area contributed by atoms with Crippen LogP contribution in [-0.2, 0) is 7.79 Å². The summed E-state index contributed by atoms with van der Waals surface area (Å²) in [5.41, 5.74) is 4.51. The van der Waals surface area contributed by atoms with Crippen molar-refractivity contribution in [2.75, 3.05) is 4.61 Å². The maximum absolute atomic E-state index is 10.2. The maximum Gasteiger partial charge on any atom is 0 e. The van der Waals surface area contributed by atoms with Crippen molar-refractivity contribution in [2.24, 2.45) is 23.7 Å². The van der Waals surface area contributed by atoms with E-state index in [1.54, 1.807) is 0 Å². The quantitative estimate of drug-likeness (QED) is 0.316. The van der Waals surface area contributed by atoms with Crippen LogP contribution in [0.3, 0.4) is 0 Å². The number of fused-ring (bicyclic) bond motifs is 2. The molecule has 2 heterocycles. The van der Waals surface area contributed by atoms with Gasteiger partial charge in [-0.05, 0) is 0 Å². The van der Waals surface area contributed by atoms with Crippen LogP contribution in [0.4, 0.5) is 0 Å². The van der Waals surface area contributed by atoms with Gasteiger partial charge >= 0.3 is 180 Å². The van der Waals surface area contributed by atoms with Gasteiger partial charge in [-0.3, -0.25) is 0 Å². The van der Waals surface area contributed by atoms with Gasteiger partial charge in [0.15, 0.2) is 0 Å². The fourth-order valence-electron chi connectivity index (χ4n) is 6.46. The molecule has 8 unspecified atom stereocenters. The Labute approximate surface area is 214 Å². The number of alkyl halides is 2. The first-order chi connectivity index (χ1) is 12.8.